The Hall–Kier alpha value is -4.15. The molecule has 0 atom stereocenters. The number of hydrogen-bond donors (Lipinski definition) is 2. The van der Waals surface area contributed by atoms with E-state index < -0.39 is 10.0 Å². The summed E-state index contributed by atoms with van der Waals surface area (Å²) in [6.45, 7) is 0.840. The Morgan fingerprint density at radius 3 is 2.41 bits per heavy atom. The van der Waals surface area contributed by atoms with Gasteiger partial charge in [0.1, 0.15) is 5.82 Å². The second-order valence-corrected chi connectivity index (χ2v) is 11.2. The van der Waals surface area contributed by atoms with E-state index in [1.807, 2.05) is 30.3 Å². The zero-order chi connectivity index (χ0) is 27.4. The standard InChI is InChI=1S/C29H30N4O5S/c1-37-26-13-7-20(19-27(26)38-2)8-14-28(34)30-22-9-11-23(12-10-22)39(35,36)33-17-15-21(16-18-33)29-31-24-5-3-4-6-25(24)32-29/h3-14,19,21H,15-18H2,1-2H3,(H,30,34)(H,31,32)/b14-8+. The van der Waals surface area contributed by atoms with Crippen molar-refractivity contribution >= 4 is 38.7 Å². The summed E-state index contributed by atoms with van der Waals surface area (Å²) in [7, 11) is -0.536. The fourth-order valence-electron chi connectivity index (χ4n) is 4.71. The van der Waals surface area contributed by atoms with Crippen molar-refractivity contribution in [2.75, 3.05) is 32.6 Å². The number of methoxy groups -OCH3 is 2. The van der Waals surface area contributed by atoms with Gasteiger partial charge < -0.3 is 19.8 Å². The van der Waals surface area contributed by atoms with Gasteiger partial charge in [0.05, 0.1) is 30.1 Å². The first kappa shape index (κ1) is 26.5. The van der Waals surface area contributed by atoms with Crippen molar-refractivity contribution in [3.63, 3.8) is 0 Å². The minimum absolute atomic E-state index is 0.188. The van der Waals surface area contributed by atoms with Gasteiger partial charge in [0, 0.05) is 30.8 Å². The fraction of sp³-hybridized carbons (Fsp3) is 0.241. The number of rotatable bonds is 8. The smallest absolute Gasteiger partial charge is 0.248 e. The SMILES string of the molecule is COc1ccc(/C=C/C(=O)Nc2ccc(S(=O)(=O)N3CCC(c4nc5ccccc5[nH]4)CC3)cc2)cc1OC. The van der Waals surface area contributed by atoms with Gasteiger partial charge in [-0.05, 0) is 73.0 Å². The van der Waals surface area contributed by atoms with Crippen molar-refractivity contribution in [1.82, 2.24) is 14.3 Å². The van der Waals surface area contributed by atoms with Crippen molar-refractivity contribution in [3.8, 4) is 11.5 Å². The molecule has 1 saturated heterocycles. The zero-order valence-corrected chi connectivity index (χ0v) is 22.6. The number of hydrogen-bond acceptors (Lipinski definition) is 6. The second kappa shape index (κ2) is 11.3. The highest BCUT2D eigenvalue weighted by atomic mass is 32.2. The Kier molecular flexibility index (Phi) is 7.67. The van der Waals surface area contributed by atoms with E-state index in [9.17, 15) is 13.2 Å². The Balaban J connectivity index is 1.18. The lowest BCUT2D eigenvalue weighted by Gasteiger charge is -2.30. The number of benzene rings is 3. The van der Waals surface area contributed by atoms with Gasteiger partial charge in [0.2, 0.25) is 15.9 Å². The Labute approximate surface area is 227 Å². The number of aromatic amines is 1. The van der Waals surface area contributed by atoms with Gasteiger partial charge in [-0.1, -0.05) is 18.2 Å². The van der Waals surface area contributed by atoms with E-state index >= 15 is 0 Å². The molecule has 0 radical (unpaired) electrons. The molecule has 5 rings (SSSR count). The van der Waals surface area contributed by atoms with Crippen LogP contribution in [0.2, 0.25) is 0 Å². The summed E-state index contributed by atoms with van der Waals surface area (Å²) in [5.74, 6) is 1.93. The molecule has 2 N–H and O–H groups in total. The maximum atomic E-state index is 13.2. The van der Waals surface area contributed by atoms with Crippen LogP contribution >= 0.6 is 0 Å². The van der Waals surface area contributed by atoms with Crippen LogP contribution in [0.4, 0.5) is 5.69 Å². The Bertz CT molecular complexity index is 1570. The minimum atomic E-state index is -3.64. The Morgan fingerprint density at radius 1 is 1.00 bits per heavy atom. The van der Waals surface area contributed by atoms with Gasteiger partial charge in [-0.2, -0.15) is 4.31 Å². The first-order chi connectivity index (χ1) is 18.9. The average Bonchev–Trinajstić information content (AvgIpc) is 3.41. The van der Waals surface area contributed by atoms with Crippen LogP contribution in [-0.2, 0) is 14.8 Å². The lowest BCUT2D eigenvalue weighted by atomic mass is 9.97. The number of nitrogens with one attached hydrogen (secondary N) is 2. The zero-order valence-electron chi connectivity index (χ0n) is 21.8. The fourth-order valence-corrected chi connectivity index (χ4v) is 6.18. The number of sulfonamides is 1. The number of aromatic nitrogens is 2. The highest BCUT2D eigenvalue weighted by molar-refractivity contribution is 7.89. The molecule has 3 aromatic carbocycles. The maximum Gasteiger partial charge on any atom is 0.248 e. The molecule has 2 heterocycles. The maximum absolute atomic E-state index is 13.2. The summed E-state index contributed by atoms with van der Waals surface area (Å²) in [5.41, 5.74) is 3.19. The summed E-state index contributed by atoms with van der Waals surface area (Å²) >= 11 is 0. The molecular weight excluding hydrogens is 516 g/mol. The van der Waals surface area contributed by atoms with Crippen LogP contribution in [0.1, 0.15) is 30.1 Å². The van der Waals surface area contributed by atoms with Crippen LogP contribution in [0.15, 0.2) is 77.7 Å². The number of nitrogens with zero attached hydrogens (tertiary/aromatic N) is 2. The van der Waals surface area contributed by atoms with Crippen molar-refractivity contribution in [2.24, 2.45) is 0 Å². The van der Waals surface area contributed by atoms with Crippen LogP contribution in [0.25, 0.3) is 17.1 Å². The predicted octanol–water partition coefficient (Wildman–Crippen LogP) is 4.80. The van der Waals surface area contributed by atoms with Crippen molar-refractivity contribution < 1.29 is 22.7 Å². The number of carbonyl (C=O) groups excluding carboxylic acids is 1. The Morgan fingerprint density at radius 2 is 1.72 bits per heavy atom. The van der Waals surface area contributed by atoms with E-state index in [4.69, 9.17) is 9.47 Å². The van der Waals surface area contributed by atoms with Crippen LogP contribution in [0.3, 0.4) is 0 Å². The number of amides is 1. The van der Waals surface area contributed by atoms with Crippen molar-refractivity contribution in [2.45, 2.75) is 23.7 Å². The van der Waals surface area contributed by atoms with Gasteiger partial charge >= 0.3 is 0 Å². The van der Waals surface area contributed by atoms with Gasteiger partial charge in [0.25, 0.3) is 0 Å². The molecular formula is C29H30N4O5S. The second-order valence-electron chi connectivity index (χ2n) is 9.28. The summed E-state index contributed by atoms with van der Waals surface area (Å²) in [4.78, 5) is 20.7. The van der Waals surface area contributed by atoms with E-state index in [-0.39, 0.29) is 16.7 Å². The van der Waals surface area contributed by atoms with Gasteiger partial charge in [-0.15, -0.1) is 0 Å². The van der Waals surface area contributed by atoms with Gasteiger partial charge in [-0.3, -0.25) is 4.79 Å². The highest BCUT2D eigenvalue weighted by Gasteiger charge is 2.31. The molecule has 202 valence electrons. The molecule has 0 unspecified atom stereocenters. The molecule has 0 spiro atoms. The molecule has 0 saturated carbocycles. The first-order valence-corrected chi connectivity index (χ1v) is 14.1. The number of piperidine rings is 1. The number of H-pyrrole nitrogens is 1. The molecule has 0 aliphatic carbocycles. The minimum Gasteiger partial charge on any atom is -0.493 e. The third-order valence-corrected chi connectivity index (χ3v) is 8.76. The number of para-hydroxylation sites is 2. The highest BCUT2D eigenvalue weighted by Crippen LogP contribution is 2.31. The summed E-state index contributed by atoms with van der Waals surface area (Å²) in [6, 6.07) is 19.4. The van der Waals surface area contributed by atoms with Crippen LogP contribution in [-0.4, -0.2) is 55.9 Å². The molecule has 1 fully saturated rings. The number of carbonyl (C=O) groups is 1. The third kappa shape index (κ3) is 5.81. The number of ether oxygens (including phenoxy) is 2. The third-order valence-electron chi connectivity index (χ3n) is 6.84. The van der Waals surface area contributed by atoms with Crippen molar-refractivity contribution in [3.05, 3.63) is 84.2 Å². The molecule has 0 bridgehead atoms. The van der Waals surface area contributed by atoms with E-state index in [0.29, 0.717) is 43.1 Å². The summed E-state index contributed by atoms with van der Waals surface area (Å²) < 4.78 is 38.5. The molecule has 10 heteroatoms. The quantitative estimate of drug-likeness (QED) is 0.307. The predicted molar refractivity (Wildman–Crippen MR) is 150 cm³/mol. The number of anilines is 1. The van der Waals surface area contributed by atoms with E-state index in [0.717, 1.165) is 22.4 Å². The first-order valence-electron chi connectivity index (χ1n) is 12.6. The molecule has 9 nitrogen and oxygen atoms in total. The molecule has 1 aromatic heterocycles. The molecule has 1 amide bonds. The van der Waals surface area contributed by atoms with Crippen LogP contribution in [0.5, 0.6) is 11.5 Å². The monoisotopic (exact) mass is 546 g/mol. The number of imidazole rings is 1. The largest absolute Gasteiger partial charge is 0.493 e. The normalized spacial score (nSPS) is 15.0. The number of fused-ring (bicyclic) bond motifs is 1. The van der Waals surface area contributed by atoms with E-state index in [2.05, 4.69) is 15.3 Å². The molecule has 4 aromatic rings. The molecule has 1 aliphatic heterocycles. The lowest BCUT2D eigenvalue weighted by molar-refractivity contribution is -0.111. The van der Waals surface area contributed by atoms with Crippen LogP contribution < -0.4 is 14.8 Å². The topological polar surface area (TPSA) is 114 Å². The summed E-state index contributed by atoms with van der Waals surface area (Å²) in [5, 5.41) is 2.76. The van der Waals surface area contributed by atoms with Crippen molar-refractivity contribution in [1.29, 1.82) is 0 Å². The van der Waals surface area contributed by atoms with E-state index in [1.54, 1.807) is 44.6 Å². The average molecular weight is 547 g/mol. The van der Waals surface area contributed by atoms with Gasteiger partial charge in [0.15, 0.2) is 11.5 Å². The summed E-state index contributed by atoms with van der Waals surface area (Å²) in [6.07, 6.45) is 4.45. The van der Waals surface area contributed by atoms with E-state index in [1.165, 1.54) is 22.5 Å². The van der Waals surface area contributed by atoms with Crippen LogP contribution in [0, 0.1) is 0 Å². The lowest BCUT2D eigenvalue weighted by Crippen LogP contribution is -2.38. The molecule has 1 aliphatic rings. The molecule has 39 heavy (non-hydrogen) atoms. The van der Waals surface area contributed by atoms with Gasteiger partial charge in [-0.25, -0.2) is 13.4 Å².